The summed E-state index contributed by atoms with van der Waals surface area (Å²) in [6, 6.07) is 78.4. The molecule has 2 spiro atoms. The van der Waals surface area contributed by atoms with E-state index in [1.54, 1.807) is 22.3 Å². The van der Waals surface area contributed by atoms with Gasteiger partial charge in [-0.15, -0.1) is 0 Å². The van der Waals surface area contributed by atoms with E-state index >= 15 is 0 Å². The molecule has 73 heavy (non-hydrogen) atoms. The highest BCUT2D eigenvalue weighted by Crippen LogP contribution is 2.63. The minimum atomic E-state index is 0.0813. The molecule has 15 rings (SSSR count). The zero-order valence-electron chi connectivity index (χ0n) is 41.2. The predicted octanol–water partition coefficient (Wildman–Crippen LogP) is 19.4. The minimum Gasteiger partial charge on any atom is -0.309 e. The number of hydrogen-bond acceptors (Lipinski definition) is 0. The Morgan fingerprint density at radius 2 is 0.795 bits per heavy atom. The van der Waals surface area contributed by atoms with Gasteiger partial charge >= 0.3 is 0 Å². The van der Waals surface area contributed by atoms with Crippen molar-refractivity contribution in [3.63, 3.8) is 0 Å². The summed E-state index contributed by atoms with van der Waals surface area (Å²) in [6.07, 6.45) is 16.5. The number of aromatic nitrogens is 1. The molecule has 0 radical (unpaired) electrons. The number of fused-ring (bicyclic) bond motifs is 14. The number of nitrogens with zero attached hydrogens (tertiary/aromatic N) is 1. The predicted molar refractivity (Wildman–Crippen MR) is 309 cm³/mol. The third kappa shape index (κ3) is 6.54. The fourth-order valence-corrected chi connectivity index (χ4v) is 14.2. The Hall–Kier alpha value is -8.26. The number of rotatable bonds is 7. The van der Waals surface area contributed by atoms with Gasteiger partial charge in [-0.05, 0) is 186 Å². The average molecular weight is 934 g/mol. The normalized spacial score (nSPS) is 15.7. The van der Waals surface area contributed by atoms with Gasteiger partial charge in [0.15, 0.2) is 0 Å². The lowest BCUT2D eigenvalue weighted by Gasteiger charge is -2.29. The molecule has 0 atom stereocenters. The van der Waals surface area contributed by atoms with Gasteiger partial charge in [0.25, 0.3) is 0 Å². The number of para-hydroxylation sites is 1. The Bertz CT molecular complexity index is 4070. The summed E-state index contributed by atoms with van der Waals surface area (Å²) in [7, 11) is 0. The monoisotopic (exact) mass is 933 g/mol. The molecule has 1 nitrogen and oxygen atoms in total. The molecule has 1 heteroatoms. The Balaban J connectivity index is 0.696. The SMILES string of the molecule is C=Cc1ccc(-c2ccc3c(c2)C2(CCCC2)c2cc4c(cc2-3)C2(CCCC2)c2cc(-c3ccc(C=Cc5ccc(-c6ccc7c(c6)c6ccccc6n7-c6ccc7ccccc7c6)cc5)cc3)ccc2-4)cc1. The molecule has 0 bridgehead atoms. The molecule has 10 aromatic carbocycles. The van der Waals surface area contributed by atoms with E-state index in [1.165, 1.54) is 156 Å². The minimum absolute atomic E-state index is 0.0813. The second kappa shape index (κ2) is 16.4. The summed E-state index contributed by atoms with van der Waals surface area (Å²) < 4.78 is 2.41. The maximum Gasteiger partial charge on any atom is 0.0541 e. The Morgan fingerprint density at radius 3 is 1.36 bits per heavy atom. The lowest BCUT2D eigenvalue weighted by atomic mass is 9.74. The second-order valence-electron chi connectivity index (χ2n) is 21.6. The molecule has 1 heterocycles. The highest BCUT2D eigenvalue weighted by Gasteiger charge is 2.50. The molecule has 0 amide bonds. The van der Waals surface area contributed by atoms with Crippen LogP contribution in [0.3, 0.4) is 0 Å². The lowest BCUT2D eigenvalue weighted by Crippen LogP contribution is -2.22. The molecule has 2 saturated carbocycles. The molecule has 0 saturated heterocycles. The second-order valence-corrected chi connectivity index (χ2v) is 21.6. The highest BCUT2D eigenvalue weighted by atomic mass is 15.0. The lowest BCUT2D eigenvalue weighted by molar-refractivity contribution is 0.544. The van der Waals surface area contributed by atoms with Crippen LogP contribution in [0, 0.1) is 0 Å². The summed E-state index contributed by atoms with van der Waals surface area (Å²) in [6.45, 7) is 3.98. The number of benzene rings is 10. The number of hydrogen-bond donors (Lipinski definition) is 0. The first-order valence-corrected chi connectivity index (χ1v) is 26.7. The van der Waals surface area contributed by atoms with E-state index in [1.807, 2.05) is 6.08 Å². The first-order chi connectivity index (χ1) is 36.0. The van der Waals surface area contributed by atoms with Crippen molar-refractivity contribution in [2.45, 2.75) is 62.2 Å². The Morgan fingerprint density at radius 1 is 0.342 bits per heavy atom. The molecule has 4 aliphatic carbocycles. The van der Waals surface area contributed by atoms with Crippen LogP contribution in [0.4, 0.5) is 0 Å². The topological polar surface area (TPSA) is 4.93 Å². The van der Waals surface area contributed by atoms with Gasteiger partial charge in [-0.3, -0.25) is 0 Å². The molecule has 4 aliphatic rings. The summed E-state index contributed by atoms with van der Waals surface area (Å²) in [5, 5.41) is 5.05. The summed E-state index contributed by atoms with van der Waals surface area (Å²) in [5.74, 6) is 0. The van der Waals surface area contributed by atoms with Crippen molar-refractivity contribution in [3.8, 4) is 61.3 Å². The van der Waals surface area contributed by atoms with Crippen molar-refractivity contribution in [1.82, 2.24) is 4.57 Å². The first kappa shape index (κ1) is 42.4. The van der Waals surface area contributed by atoms with Crippen molar-refractivity contribution in [1.29, 1.82) is 0 Å². The standard InChI is InChI=1S/C72H55N/c1-2-47-17-23-52(24-18-47)56-30-34-59-62-45-68-63(46-67(62)71(65(59)43-56)37-7-8-38-71)60-35-31-57(44-66(60)72(68)39-9-10-40-72)53-27-21-49(22-28-53)16-15-48-19-25-51(26-20-48)55-32-36-70-64(42-55)61-13-5-6-14-69(61)73(70)58-33-29-50-11-3-4-12-54(50)41-58/h2-6,11-36,41-46H,1,7-10,37-40H2. The molecule has 0 N–H and O–H groups in total. The van der Waals surface area contributed by atoms with E-state index in [9.17, 15) is 0 Å². The van der Waals surface area contributed by atoms with E-state index in [0.717, 1.165) is 5.56 Å². The fourth-order valence-electron chi connectivity index (χ4n) is 14.2. The molecule has 1 aromatic heterocycles. The van der Waals surface area contributed by atoms with Crippen LogP contribution in [-0.2, 0) is 10.8 Å². The van der Waals surface area contributed by atoms with Crippen LogP contribution in [0.1, 0.15) is 90.3 Å². The van der Waals surface area contributed by atoms with E-state index in [4.69, 9.17) is 0 Å². The van der Waals surface area contributed by atoms with Crippen LogP contribution in [-0.4, -0.2) is 4.57 Å². The van der Waals surface area contributed by atoms with E-state index in [2.05, 4.69) is 230 Å². The fraction of sp³-hybridized carbons (Fsp3) is 0.139. The van der Waals surface area contributed by atoms with Crippen LogP contribution in [0.15, 0.2) is 213 Å². The van der Waals surface area contributed by atoms with Gasteiger partial charge in [0.05, 0.1) is 11.0 Å². The van der Waals surface area contributed by atoms with Gasteiger partial charge in [-0.2, -0.15) is 0 Å². The average Bonchev–Trinajstić information content (AvgIpc) is 4.30. The third-order valence-corrected chi connectivity index (χ3v) is 17.9. The molecular formula is C72H55N. The van der Waals surface area contributed by atoms with Crippen molar-refractivity contribution < 1.29 is 0 Å². The van der Waals surface area contributed by atoms with E-state index in [0.29, 0.717) is 0 Å². The van der Waals surface area contributed by atoms with Gasteiger partial charge in [-0.1, -0.05) is 202 Å². The van der Waals surface area contributed by atoms with Gasteiger partial charge < -0.3 is 4.57 Å². The molecule has 348 valence electrons. The maximum absolute atomic E-state index is 3.98. The van der Waals surface area contributed by atoms with Gasteiger partial charge in [0.2, 0.25) is 0 Å². The summed E-state index contributed by atoms with van der Waals surface area (Å²) in [5.41, 5.74) is 27.2. The van der Waals surface area contributed by atoms with Crippen LogP contribution in [0.5, 0.6) is 0 Å². The van der Waals surface area contributed by atoms with Crippen LogP contribution in [0.25, 0.3) is 112 Å². The van der Waals surface area contributed by atoms with Crippen molar-refractivity contribution >= 4 is 50.8 Å². The zero-order valence-corrected chi connectivity index (χ0v) is 41.2. The van der Waals surface area contributed by atoms with Crippen LogP contribution >= 0.6 is 0 Å². The molecular weight excluding hydrogens is 879 g/mol. The summed E-state index contributed by atoms with van der Waals surface area (Å²) >= 11 is 0. The van der Waals surface area contributed by atoms with Crippen LogP contribution in [0.2, 0.25) is 0 Å². The molecule has 0 unspecified atom stereocenters. The van der Waals surface area contributed by atoms with Crippen molar-refractivity contribution in [3.05, 3.63) is 252 Å². The van der Waals surface area contributed by atoms with E-state index in [-0.39, 0.29) is 10.8 Å². The quantitative estimate of drug-likeness (QED) is 0.140. The molecule has 0 aliphatic heterocycles. The smallest absolute Gasteiger partial charge is 0.0541 e. The van der Waals surface area contributed by atoms with Crippen molar-refractivity contribution in [2.24, 2.45) is 0 Å². The Labute approximate surface area is 428 Å². The van der Waals surface area contributed by atoms with Gasteiger partial charge in [-0.25, -0.2) is 0 Å². The summed E-state index contributed by atoms with van der Waals surface area (Å²) in [4.78, 5) is 0. The zero-order chi connectivity index (χ0) is 48.3. The van der Waals surface area contributed by atoms with Crippen LogP contribution < -0.4 is 0 Å². The first-order valence-electron chi connectivity index (χ1n) is 26.7. The molecule has 2 fully saturated rings. The van der Waals surface area contributed by atoms with E-state index < -0.39 is 0 Å². The third-order valence-electron chi connectivity index (χ3n) is 17.9. The highest BCUT2D eigenvalue weighted by molar-refractivity contribution is 6.10. The van der Waals surface area contributed by atoms with Crippen molar-refractivity contribution in [2.75, 3.05) is 0 Å². The Kier molecular flexibility index (Phi) is 9.52. The van der Waals surface area contributed by atoms with Gasteiger partial charge in [0, 0.05) is 27.3 Å². The molecule has 11 aromatic rings. The largest absolute Gasteiger partial charge is 0.309 e. The van der Waals surface area contributed by atoms with Gasteiger partial charge in [0.1, 0.15) is 0 Å². The maximum atomic E-state index is 3.98.